The summed E-state index contributed by atoms with van der Waals surface area (Å²) in [5, 5.41) is 1.07. The van der Waals surface area contributed by atoms with Gasteiger partial charge in [0.25, 0.3) is 0 Å². The Balaban J connectivity index is 1.41. The first-order valence-corrected chi connectivity index (χ1v) is 11.0. The Morgan fingerprint density at radius 2 is 2.07 bits per heavy atom. The minimum atomic E-state index is 0.188. The number of nitrogens with one attached hydrogen (secondary N) is 1. The van der Waals surface area contributed by atoms with Crippen LogP contribution in [0.4, 0.5) is 5.69 Å². The van der Waals surface area contributed by atoms with Crippen LogP contribution in [0, 0.1) is 6.92 Å². The molecule has 2 aromatic carbocycles. The van der Waals surface area contributed by atoms with Crippen LogP contribution in [0.5, 0.6) is 5.75 Å². The lowest BCUT2D eigenvalue weighted by Crippen LogP contribution is -3.11. The van der Waals surface area contributed by atoms with E-state index in [2.05, 4.69) is 37.1 Å². The standard InChI is InChI=1S/C23H26Cl2N2O2/c1-15-5-7-20-17(12-15)18-14-26(2)10-9-21(18)27(20)23(28)4-3-11-29-22-8-6-16(24)13-19(22)25/h5-8,12-13,18,21H,3-4,9-11,14H2,1-2H3/p+1/t18-,21-/m0/s1. The second-order valence-electron chi connectivity index (χ2n) is 8.23. The average Bonchev–Trinajstić information content (AvgIpc) is 2.99. The van der Waals surface area contributed by atoms with E-state index in [4.69, 9.17) is 27.9 Å². The number of halogens is 2. The van der Waals surface area contributed by atoms with E-state index in [0.717, 1.165) is 25.2 Å². The molecule has 2 aliphatic heterocycles. The molecule has 0 aliphatic carbocycles. The number of hydrogen-bond donors (Lipinski definition) is 1. The predicted octanol–water partition coefficient (Wildman–Crippen LogP) is 3.88. The van der Waals surface area contributed by atoms with E-state index in [0.29, 0.717) is 41.2 Å². The van der Waals surface area contributed by atoms with Gasteiger partial charge in [-0.25, -0.2) is 0 Å². The highest BCUT2D eigenvalue weighted by Gasteiger charge is 2.45. The van der Waals surface area contributed by atoms with Gasteiger partial charge < -0.3 is 14.5 Å². The van der Waals surface area contributed by atoms with Crippen molar-refractivity contribution < 1.29 is 14.4 Å². The summed E-state index contributed by atoms with van der Waals surface area (Å²) >= 11 is 12.1. The smallest absolute Gasteiger partial charge is 0.227 e. The van der Waals surface area contributed by atoms with Crippen LogP contribution in [0.1, 0.15) is 36.3 Å². The summed E-state index contributed by atoms with van der Waals surface area (Å²) in [6.45, 7) is 4.76. The lowest BCUT2D eigenvalue weighted by molar-refractivity contribution is -0.886. The van der Waals surface area contributed by atoms with E-state index in [9.17, 15) is 4.79 Å². The van der Waals surface area contributed by atoms with Gasteiger partial charge in [0.05, 0.1) is 43.7 Å². The first-order chi connectivity index (χ1) is 13.9. The molecule has 4 nitrogen and oxygen atoms in total. The van der Waals surface area contributed by atoms with Crippen LogP contribution < -0.4 is 14.5 Å². The maximum atomic E-state index is 13.2. The van der Waals surface area contributed by atoms with Crippen molar-refractivity contribution >= 4 is 34.8 Å². The number of likely N-dealkylation sites (tertiary alicyclic amines) is 1. The van der Waals surface area contributed by atoms with E-state index in [1.807, 2.05) is 0 Å². The fourth-order valence-electron chi connectivity index (χ4n) is 4.64. The van der Waals surface area contributed by atoms with Crippen molar-refractivity contribution in [3.05, 3.63) is 57.6 Å². The summed E-state index contributed by atoms with van der Waals surface area (Å²) in [5.41, 5.74) is 3.70. The third kappa shape index (κ3) is 4.25. The SMILES string of the molecule is Cc1ccc2c(c1)[C@@H]1C[NH+](C)CC[C@@H]1N2C(=O)CCCOc1ccc(Cl)cc1Cl. The summed E-state index contributed by atoms with van der Waals surface area (Å²) < 4.78 is 5.75. The Morgan fingerprint density at radius 3 is 2.86 bits per heavy atom. The third-order valence-electron chi connectivity index (χ3n) is 6.03. The van der Waals surface area contributed by atoms with Crippen molar-refractivity contribution in [2.75, 3.05) is 31.6 Å². The van der Waals surface area contributed by atoms with Crippen LogP contribution >= 0.6 is 23.2 Å². The zero-order valence-corrected chi connectivity index (χ0v) is 18.4. The predicted molar refractivity (Wildman–Crippen MR) is 118 cm³/mol. The zero-order valence-electron chi connectivity index (χ0n) is 16.9. The normalized spacial score (nSPS) is 22.9. The lowest BCUT2D eigenvalue weighted by atomic mass is 9.89. The van der Waals surface area contributed by atoms with E-state index < -0.39 is 0 Å². The van der Waals surface area contributed by atoms with E-state index in [-0.39, 0.29) is 11.9 Å². The Labute approximate surface area is 182 Å². The van der Waals surface area contributed by atoms with Gasteiger partial charge in [-0.2, -0.15) is 0 Å². The third-order valence-corrected chi connectivity index (χ3v) is 6.56. The molecule has 6 heteroatoms. The monoisotopic (exact) mass is 433 g/mol. The molecule has 0 radical (unpaired) electrons. The molecule has 1 saturated heterocycles. The molecule has 2 aromatic rings. The molecular formula is C23H27Cl2N2O2+. The molecule has 0 saturated carbocycles. The Bertz CT molecular complexity index is 918. The molecular weight excluding hydrogens is 407 g/mol. The van der Waals surface area contributed by atoms with Gasteiger partial charge in [0.1, 0.15) is 5.75 Å². The van der Waals surface area contributed by atoms with Crippen molar-refractivity contribution in [2.24, 2.45) is 0 Å². The van der Waals surface area contributed by atoms with E-state index >= 15 is 0 Å². The number of ether oxygens (including phenoxy) is 1. The van der Waals surface area contributed by atoms with Crippen molar-refractivity contribution in [1.29, 1.82) is 0 Å². The van der Waals surface area contributed by atoms with Crippen molar-refractivity contribution in [2.45, 2.75) is 38.1 Å². The quantitative estimate of drug-likeness (QED) is 0.725. The van der Waals surface area contributed by atoms with Crippen LogP contribution in [-0.2, 0) is 4.79 Å². The largest absolute Gasteiger partial charge is 0.492 e. The van der Waals surface area contributed by atoms with Crippen LogP contribution in [0.15, 0.2) is 36.4 Å². The number of amides is 1. The van der Waals surface area contributed by atoms with E-state index in [1.165, 1.54) is 11.1 Å². The number of aryl methyl sites for hydroxylation is 1. The second kappa shape index (κ2) is 8.55. The minimum Gasteiger partial charge on any atom is -0.492 e. The van der Waals surface area contributed by atoms with Crippen molar-refractivity contribution in [3.8, 4) is 5.75 Å². The van der Waals surface area contributed by atoms with Crippen LogP contribution in [0.3, 0.4) is 0 Å². The first kappa shape index (κ1) is 20.5. The first-order valence-electron chi connectivity index (χ1n) is 10.3. The summed E-state index contributed by atoms with van der Waals surface area (Å²) in [7, 11) is 2.25. The average molecular weight is 434 g/mol. The summed E-state index contributed by atoms with van der Waals surface area (Å²) in [4.78, 5) is 16.8. The molecule has 1 fully saturated rings. The molecule has 0 bridgehead atoms. The van der Waals surface area contributed by atoms with Crippen LogP contribution in [0.2, 0.25) is 10.0 Å². The maximum Gasteiger partial charge on any atom is 0.227 e. The lowest BCUT2D eigenvalue weighted by Gasteiger charge is -2.34. The maximum absolute atomic E-state index is 13.2. The molecule has 29 heavy (non-hydrogen) atoms. The van der Waals surface area contributed by atoms with Gasteiger partial charge in [-0.15, -0.1) is 0 Å². The van der Waals surface area contributed by atoms with Gasteiger partial charge in [-0.05, 0) is 43.2 Å². The minimum absolute atomic E-state index is 0.188. The molecule has 4 rings (SSSR count). The topological polar surface area (TPSA) is 34.0 Å². The Kier molecular flexibility index (Phi) is 6.05. The number of piperidine rings is 1. The van der Waals surface area contributed by atoms with Gasteiger partial charge in [0.2, 0.25) is 5.91 Å². The molecule has 154 valence electrons. The molecule has 1 amide bonds. The fraction of sp³-hybridized carbons (Fsp3) is 0.435. The highest BCUT2D eigenvalue weighted by Crippen LogP contribution is 2.43. The molecule has 0 aromatic heterocycles. The van der Waals surface area contributed by atoms with Crippen molar-refractivity contribution in [3.63, 3.8) is 0 Å². The summed E-state index contributed by atoms with van der Waals surface area (Å²) in [6.07, 6.45) is 2.16. The number of rotatable bonds is 5. The Morgan fingerprint density at radius 1 is 1.24 bits per heavy atom. The van der Waals surface area contributed by atoms with Gasteiger partial charge in [-0.1, -0.05) is 40.9 Å². The molecule has 1 N–H and O–H groups in total. The van der Waals surface area contributed by atoms with Gasteiger partial charge in [0.15, 0.2) is 0 Å². The van der Waals surface area contributed by atoms with Gasteiger partial charge >= 0.3 is 0 Å². The number of anilines is 1. The fourth-order valence-corrected chi connectivity index (χ4v) is 5.10. The summed E-state index contributed by atoms with van der Waals surface area (Å²) in [6, 6.07) is 12.0. The molecule has 3 atom stereocenters. The number of carbonyl (C=O) groups excluding carboxylic acids is 1. The van der Waals surface area contributed by atoms with Gasteiger partial charge in [0, 0.05) is 23.6 Å². The number of nitrogens with zero attached hydrogens (tertiary/aromatic N) is 1. The number of quaternary nitrogens is 1. The number of benzene rings is 2. The molecule has 1 unspecified atom stereocenters. The van der Waals surface area contributed by atoms with Crippen LogP contribution in [0.25, 0.3) is 0 Å². The molecule has 0 spiro atoms. The number of fused-ring (bicyclic) bond motifs is 3. The molecule has 2 aliphatic rings. The van der Waals surface area contributed by atoms with E-state index in [1.54, 1.807) is 23.1 Å². The number of likely N-dealkylation sites (N-methyl/N-ethyl adjacent to an activating group) is 1. The Hall–Kier alpha value is -1.75. The number of carbonyl (C=O) groups is 1. The highest BCUT2D eigenvalue weighted by molar-refractivity contribution is 6.35. The molecule has 2 heterocycles. The van der Waals surface area contributed by atoms with Crippen molar-refractivity contribution in [1.82, 2.24) is 0 Å². The van der Waals surface area contributed by atoms with Gasteiger partial charge in [-0.3, -0.25) is 4.79 Å². The number of hydrogen-bond acceptors (Lipinski definition) is 2. The zero-order chi connectivity index (χ0) is 20.5. The summed E-state index contributed by atoms with van der Waals surface area (Å²) in [5.74, 6) is 1.23. The van der Waals surface area contributed by atoms with Crippen LogP contribution in [-0.4, -0.2) is 38.7 Å². The second-order valence-corrected chi connectivity index (χ2v) is 9.07. The highest BCUT2D eigenvalue weighted by atomic mass is 35.5.